The summed E-state index contributed by atoms with van der Waals surface area (Å²) < 4.78 is 22.3. The summed E-state index contributed by atoms with van der Waals surface area (Å²) in [5.41, 5.74) is 2.80. The Labute approximate surface area is 251 Å². The zero-order valence-corrected chi connectivity index (χ0v) is 24.4. The molecular weight excluding hydrogens is 539 g/mol. The molecule has 0 spiro atoms. The van der Waals surface area contributed by atoms with Crippen molar-refractivity contribution in [2.45, 2.75) is 44.4 Å². The van der Waals surface area contributed by atoms with Gasteiger partial charge in [0.2, 0.25) is 0 Å². The van der Waals surface area contributed by atoms with E-state index < -0.39 is 29.1 Å². The minimum absolute atomic E-state index is 0.0672. The van der Waals surface area contributed by atoms with Crippen LogP contribution in [0.2, 0.25) is 0 Å². The first-order valence-electron chi connectivity index (χ1n) is 14.1. The lowest BCUT2D eigenvalue weighted by atomic mass is 9.77. The minimum Gasteiger partial charge on any atom is -0.444 e. The smallest absolute Gasteiger partial charge is 0.408 e. The third-order valence-electron chi connectivity index (χ3n) is 7.22. The predicted octanol–water partition coefficient (Wildman–Crippen LogP) is 7.54. The van der Waals surface area contributed by atoms with Crippen LogP contribution >= 0.6 is 0 Å². The highest BCUT2D eigenvalue weighted by molar-refractivity contribution is 5.68. The number of hydrogen-bond acceptors (Lipinski definition) is 4. The Morgan fingerprint density at radius 3 is 1.91 bits per heavy atom. The average molecular weight is 573 g/mol. The Balaban J connectivity index is 1.61. The molecule has 1 unspecified atom stereocenters. The number of alkyl carbamates (subject to hydrolysis) is 1. The molecular formula is C36H33FN4O2. The zero-order chi connectivity index (χ0) is 30.5. The molecule has 0 fully saturated rings. The number of nitriles is 1. The Morgan fingerprint density at radius 2 is 1.44 bits per heavy atom. The average Bonchev–Trinajstić information content (AvgIpc) is 3.46. The molecule has 1 heterocycles. The zero-order valence-electron chi connectivity index (χ0n) is 24.4. The van der Waals surface area contributed by atoms with E-state index in [2.05, 4.69) is 46.3 Å². The van der Waals surface area contributed by atoms with Crippen LogP contribution in [-0.4, -0.2) is 21.2 Å². The molecule has 0 saturated carbocycles. The number of imidazole rings is 1. The number of ether oxygens (including phenoxy) is 1. The van der Waals surface area contributed by atoms with Gasteiger partial charge in [-0.2, -0.15) is 5.26 Å². The molecule has 4 aromatic carbocycles. The molecule has 0 aliphatic carbocycles. The third-order valence-corrected chi connectivity index (χ3v) is 7.22. The van der Waals surface area contributed by atoms with Crippen LogP contribution in [0.25, 0.3) is 0 Å². The summed E-state index contributed by atoms with van der Waals surface area (Å²) >= 11 is 0. The van der Waals surface area contributed by atoms with Gasteiger partial charge in [-0.15, -0.1) is 0 Å². The van der Waals surface area contributed by atoms with E-state index in [1.54, 1.807) is 33.2 Å². The van der Waals surface area contributed by atoms with Crippen LogP contribution in [0, 0.1) is 17.1 Å². The van der Waals surface area contributed by atoms with Crippen molar-refractivity contribution in [2.24, 2.45) is 0 Å². The fourth-order valence-electron chi connectivity index (χ4n) is 5.39. The van der Waals surface area contributed by atoms with E-state index in [-0.39, 0.29) is 12.0 Å². The van der Waals surface area contributed by atoms with Gasteiger partial charge in [-0.05, 0) is 55.2 Å². The summed E-state index contributed by atoms with van der Waals surface area (Å²) in [6.07, 6.45) is 3.39. The lowest BCUT2D eigenvalue weighted by molar-refractivity contribution is 0.0503. The second-order valence-corrected chi connectivity index (χ2v) is 11.3. The molecule has 0 saturated heterocycles. The number of rotatable bonds is 8. The number of carbonyl (C=O) groups excluding carboxylic acids is 1. The second-order valence-electron chi connectivity index (χ2n) is 11.3. The molecule has 0 aliphatic rings. The molecule has 216 valence electrons. The molecule has 6 nitrogen and oxygen atoms in total. The van der Waals surface area contributed by atoms with Gasteiger partial charge in [-0.3, -0.25) is 0 Å². The van der Waals surface area contributed by atoms with Gasteiger partial charge in [-0.1, -0.05) is 97.1 Å². The largest absolute Gasteiger partial charge is 0.444 e. The molecule has 1 amide bonds. The van der Waals surface area contributed by atoms with E-state index >= 15 is 0 Å². The summed E-state index contributed by atoms with van der Waals surface area (Å²) in [7, 11) is 0. The van der Waals surface area contributed by atoms with E-state index in [4.69, 9.17) is 9.72 Å². The van der Waals surface area contributed by atoms with E-state index in [9.17, 15) is 14.4 Å². The fourth-order valence-corrected chi connectivity index (χ4v) is 5.39. The lowest BCUT2D eigenvalue weighted by Gasteiger charge is -2.37. The number of halogens is 1. The monoisotopic (exact) mass is 572 g/mol. The third kappa shape index (κ3) is 6.34. The Hall–Kier alpha value is -5.22. The summed E-state index contributed by atoms with van der Waals surface area (Å²) in [4.78, 5) is 17.6. The van der Waals surface area contributed by atoms with Gasteiger partial charge in [0.05, 0.1) is 23.6 Å². The normalized spacial score (nSPS) is 12.3. The van der Waals surface area contributed by atoms with Gasteiger partial charge in [-0.25, -0.2) is 14.2 Å². The molecule has 43 heavy (non-hydrogen) atoms. The summed E-state index contributed by atoms with van der Waals surface area (Å²) in [5, 5.41) is 12.1. The molecule has 5 rings (SSSR count). The number of nitrogens with one attached hydrogen (secondary N) is 1. The first-order valence-corrected chi connectivity index (χ1v) is 14.1. The van der Waals surface area contributed by atoms with Gasteiger partial charge >= 0.3 is 6.09 Å². The Kier molecular flexibility index (Phi) is 8.40. The molecule has 5 aromatic rings. The number of hydrogen-bond donors (Lipinski definition) is 1. The Bertz CT molecular complexity index is 1630. The van der Waals surface area contributed by atoms with Gasteiger partial charge < -0.3 is 14.6 Å². The number of aromatic nitrogens is 2. The van der Waals surface area contributed by atoms with Crippen molar-refractivity contribution in [2.75, 3.05) is 0 Å². The van der Waals surface area contributed by atoms with Gasteiger partial charge in [0.1, 0.15) is 23.0 Å². The highest BCUT2D eigenvalue weighted by atomic mass is 19.1. The number of benzene rings is 4. The summed E-state index contributed by atoms with van der Waals surface area (Å²) in [6.45, 7) is 5.34. The molecule has 7 heteroatoms. The number of nitrogens with zero attached hydrogens (tertiary/aromatic N) is 3. The van der Waals surface area contributed by atoms with Crippen LogP contribution in [-0.2, 0) is 16.7 Å². The van der Waals surface area contributed by atoms with E-state index in [0.717, 1.165) is 16.7 Å². The highest BCUT2D eigenvalue weighted by Crippen LogP contribution is 2.41. The van der Waals surface area contributed by atoms with Crippen molar-refractivity contribution in [1.82, 2.24) is 14.9 Å². The number of amides is 1. The van der Waals surface area contributed by atoms with E-state index in [1.807, 2.05) is 66.9 Å². The maximum Gasteiger partial charge on any atom is 0.408 e. The van der Waals surface area contributed by atoms with Crippen molar-refractivity contribution >= 4 is 6.09 Å². The minimum atomic E-state index is -0.746. The lowest BCUT2D eigenvalue weighted by Crippen LogP contribution is -2.37. The SMILES string of the molecule is CC(C)(C)OC(=O)NC(Cc1cn(C(c2ccccc2)(c2ccccc2)c2ccccc2)cn1)c1ccc(C#N)c(F)c1. The Morgan fingerprint density at radius 1 is 0.907 bits per heavy atom. The van der Waals surface area contributed by atoms with Crippen molar-refractivity contribution in [3.8, 4) is 6.07 Å². The van der Waals surface area contributed by atoms with Crippen LogP contribution in [0.15, 0.2) is 122 Å². The topological polar surface area (TPSA) is 79.9 Å². The second kappa shape index (κ2) is 12.3. The van der Waals surface area contributed by atoms with Crippen LogP contribution in [0.1, 0.15) is 60.3 Å². The quantitative estimate of drug-likeness (QED) is 0.195. The van der Waals surface area contributed by atoms with Gasteiger partial charge in [0, 0.05) is 12.6 Å². The van der Waals surface area contributed by atoms with Crippen molar-refractivity contribution in [3.63, 3.8) is 0 Å². The van der Waals surface area contributed by atoms with E-state index in [1.165, 1.54) is 12.1 Å². The first kappa shape index (κ1) is 29.3. The van der Waals surface area contributed by atoms with Crippen LogP contribution in [0.5, 0.6) is 0 Å². The van der Waals surface area contributed by atoms with Crippen molar-refractivity contribution in [1.29, 1.82) is 5.26 Å². The van der Waals surface area contributed by atoms with Crippen LogP contribution in [0.3, 0.4) is 0 Å². The van der Waals surface area contributed by atoms with Crippen LogP contribution in [0.4, 0.5) is 9.18 Å². The standard InChI is InChI=1S/C36H33FN4O2/c1-35(2,3)43-34(42)40-33(26-19-20-27(23-38)32(37)21-26)22-31-24-41(25-39-31)36(28-13-7-4-8-14-28,29-15-9-5-10-16-29)30-17-11-6-12-18-30/h4-21,24-25,33H,22H2,1-3H3,(H,40,42). The molecule has 1 atom stereocenters. The number of carbonyl (C=O) groups is 1. The fraction of sp³-hybridized carbons (Fsp3) is 0.194. The molecule has 0 radical (unpaired) electrons. The van der Waals surface area contributed by atoms with Crippen LogP contribution < -0.4 is 5.32 Å². The van der Waals surface area contributed by atoms with Gasteiger partial charge in [0.15, 0.2) is 0 Å². The van der Waals surface area contributed by atoms with Crippen molar-refractivity contribution in [3.05, 3.63) is 161 Å². The maximum absolute atomic E-state index is 14.7. The predicted molar refractivity (Wildman–Crippen MR) is 164 cm³/mol. The molecule has 1 N–H and O–H groups in total. The summed E-state index contributed by atoms with van der Waals surface area (Å²) in [6, 6.07) is 36.2. The first-order chi connectivity index (χ1) is 20.7. The molecule has 0 bridgehead atoms. The molecule has 1 aromatic heterocycles. The van der Waals surface area contributed by atoms with Crippen molar-refractivity contribution < 1.29 is 13.9 Å². The summed E-state index contributed by atoms with van der Waals surface area (Å²) in [5.74, 6) is -0.655. The highest BCUT2D eigenvalue weighted by Gasteiger charge is 2.38. The molecule has 0 aliphatic heterocycles. The van der Waals surface area contributed by atoms with E-state index in [0.29, 0.717) is 11.3 Å². The maximum atomic E-state index is 14.7. The van der Waals surface area contributed by atoms with Gasteiger partial charge in [0.25, 0.3) is 0 Å².